The summed E-state index contributed by atoms with van der Waals surface area (Å²) in [4.78, 5) is 13.0. The molecule has 130 valence electrons. The van der Waals surface area contributed by atoms with Crippen LogP contribution in [0.25, 0.3) is 6.08 Å². The number of rotatable bonds is 6. The number of sulfone groups is 1. The van der Waals surface area contributed by atoms with Gasteiger partial charge >= 0.3 is 0 Å². The number of carbonyl (C=O) groups excluding carboxylic acids is 1. The fourth-order valence-corrected chi connectivity index (χ4v) is 4.41. The van der Waals surface area contributed by atoms with Gasteiger partial charge in [0.2, 0.25) is 0 Å². The van der Waals surface area contributed by atoms with Crippen LogP contribution in [0.15, 0.2) is 102 Å². The van der Waals surface area contributed by atoms with Crippen molar-refractivity contribution >= 4 is 21.7 Å². The van der Waals surface area contributed by atoms with Gasteiger partial charge in [-0.1, -0.05) is 84.9 Å². The van der Waals surface area contributed by atoms with Gasteiger partial charge in [0.05, 0.1) is 4.90 Å². The number of ketones is 1. The summed E-state index contributed by atoms with van der Waals surface area (Å²) in [5.74, 6) is -0.469. The molecule has 0 bridgehead atoms. The maximum Gasteiger partial charge on any atom is 0.192 e. The molecule has 1 unspecified atom stereocenters. The van der Waals surface area contributed by atoms with Gasteiger partial charge in [0, 0.05) is 0 Å². The van der Waals surface area contributed by atoms with E-state index in [-0.39, 0.29) is 4.90 Å². The van der Waals surface area contributed by atoms with Gasteiger partial charge in [-0.3, -0.25) is 4.79 Å². The van der Waals surface area contributed by atoms with Crippen LogP contribution in [0.4, 0.5) is 0 Å². The molecule has 0 aromatic heterocycles. The van der Waals surface area contributed by atoms with Gasteiger partial charge in [-0.05, 0) is 29.3 Å². The lowest BCUT2D eigenvalue weighted by molar-refractivity contribution is -0.114. The average molecular weight is 362 g/mol. The number of hydrogen-bond donors (Lipinski definition) is 0. The number of hydrogen-bond acceptors (Lipinski definition) is 3. The second kappa shape index (κ2) is 7.93. The van der Waals surface area contributed by atoms with Gasteiger partial charge in [0.25, 0.3) is 0 Å². The monoisotopic (exact) mass is 362 g/mol. The Morgan fingerprint density at radius 2 is 1.23 bits per heavy atom. The molecule has 0 heterocycles. The molecule has 3 nitrogen and oxygen atoms in total. The lowest BCUT2D eigenvalue weighted by Crippen LogP contribution is -2.21. The minimum atomic E-state index is -3.86. The van der Waals surface area contributed by atoms with E-state index in [0.717, 1.165) is 5.56 Å². The van der Waals surface area contributed by atoms with Crippen LogP contribution >= 0.6 is 0 Å². The first-order valence-electron chi connectivity index (χ1n) is 8.20. The van der Waals surface area contributed by atoms with Crippen molar-refractivity contribution in [3.63, 3.8) is 0 Å². The first-order valence-corrected chi connectivity index (χ1v) is 9.74. The number of allylic oxidation sites excluding steroid dienone is 1. The summed E-state index contributed by atoms with van der Waals surface area (Å²) < 4.78 is 26.3. The minimum Gasteiger partial charge on any atom is -0.293 e. The van der Waals surface area contributed by atoms with Crippen LogP contribution in [0, 0.1) is 0 Å². The molecule has 3 aromatic carbocycles. The zero-order valence-corrected chi connectivity index (χ0v) is 14.8. The van der Waals surface area contributed by atoms with Crippen LogP contribution in [0.5, 0.6) is 0 Å². The molecule has 0 aliphatic rings. The summed E-state index contributed by atoms with van der Waals surface area (Å²) >= 11 is 0. The zero-order valence-electron chi connectivity index (χ0n) is 14.0. The highest BCUT2D eigenvalue weighted by Crippen LogP contribution is 2.30. The Balaban J connectivity index is 2.02. The van der Waals surface area contributed by atoms with Crippen molar-refractivity contribution in [2.45, 2.75) is 10.1 Å². The predicted octanol–water partition coefficient (Wildman–Crippen LogP) is 4.48. The van der Waals surface area contributed by atoms with Crippen molar-refractivity contribution in [2.75, 3.05) is 0 Å². The molecule has 0 amide bonds. The van der Waals surface area contributed by atoms with Gasteiger partial charge in [0.1, 0.15) is 0 Å². The number of benzene rings is 3. The van der Waals surface area contributed by atoms with Crippen LogP contribution in [-0.4, -0.2) is 14.2 Å². The van der Waals surface area contributed by atoms with Crippen LogP contribution in [-0.2, 0) is 14.6 Å². The molecule has 0 spiro atoms. The number of carbonyl (C=O) groups is 1. The van der Waals surface area contributed by atoms with Crippen LogP contribution in [0.2, 0.25) is 0 Å². The first-order chi connectivity index (χ1) is 12.6. The van der Waals surface area contributed by atoms with E-state index in [9.17, 15) is 13.2 Å². The third kappa shape index (κ3) is 3.98. The molecule has 0 aliphatic heterocycles. The largest absolute Gasteiger partial charge is 0.293 e. The Kier molecular flexibility index (Phi) is 5.44. The van der Waals surface area contributed by atoms with Gasteiger partial charge in [0.15, 0.2) is 20.9 Å². The van der Waals surface area contributed by atoms with Crippen LogP contribution in [0.1, 0.15) is 16.4 Å². The Bertz CT molecular complexity index is 993. The summed E-state index contributed by atoms with van der Waals surface area (Å²) in [6, 6.07) is 26.0. The molecular weight excluding hydrogens is 344 g/mol. The third-order valence-corrected chi connectivity index (χ3v) is 6.04. The van der Waals surface area contributed by atoms with Crippen LogP contribution in [0.3, 0.4) is 0 Å². The summed E-state index contributed by atoms with van der Waals surface area (Å²) in [6.07, 6.45) is 2.98. The lowest BCUT2D eigenvalue weighted by atomic mass is 10.1. The highest BCUT2D eigenvalue weighted by atomic mass is 32.2. The molecule has 0 aliphatic carbocycles. The highest BCUT2D eigenvalue weighted by molar-refractivity contribution is 7.92. The van der Waals surface area contributed by atoms with E-state index >= 15 is 0 Å². The summed E-state index contributed by atoms with van der Waals surface area (Å²) in [6.45, 7) is 0. The Labute approximate surface area is 153 Å². The van der Waals surface area contributed by atoms with Crippen molar-refractivity contribution in [3.8, 4) is 0 Å². The van der Waals surface area contributed by atoms with Crippen molar-refractivity contribution in [3.05, 3.63) is 108 Å². The average Bonchev–Trinajstić information content (AvgIpc) is 2.69. The molecule has 26 heavy (non-hydrogen) atoms. The van der Waals surface area contributed by atoms with Gasteiger partial charge < -0.3 is 0 Å². The molecule has 4 heteroatoms. The fraction of sp³-hybridized carbons (Fsp3) is 0.0455. The maximum absolute atomic E-state index is 13.1. The van der Waals surface area contributed by atoms with E-state index in [0.29, 0.717) is 5.56 Å². The third-order valence-electron chi connectivity index (χ3n) is 3.98. The normalized spacial score (nSPS) is 12.8. The molecule has 0 N–H and O–H groups in total. The molecule has 0 saturated heterocycles. The molecular formula is C22H18O3S. The van der Waals surface area contributed by atoms with Crippen molar-refractivity contribution in [1.29, 1.82) is 0 Å². The Morgan fingerprint density at radius 3 is 1.81 bits per heavy atom. The molecule has 3 aromatic rings. The van der Waals surface area contributed by atoms with E-state index in [1.54, 1.807) is 54.6 Å². The zero-order chi connectivity index (χ0) is 18.4. The Morgan fingerprint density at radius 1 is 0.731 bits per heavy atom. The summed E-state index contributed by atoms with van der Waals surface area (Å²) in [5.41, 5.74) is 1.30. The fourth-order valence-electron chi connectivity index (χ4n) is 2.70. The topological polar surface area (TPSA) is 51.2 Å². The highest BCUT2D eigenvalue weighted by Gasteiger charge is 2.33. The van der Waals surface area contributed by atoms with Crippen molar-refractivity contribution in [1.82, 2.24) is 0 Å². The minimum absolute atomic E-state index is 0.135. The van der Waals surface area contributed by atoms with Gasteiger partial charge in [-0.15, -0.1) is 0 Å². The second-order valence-corrected chi connectivity index (χ2v) is 7.83. The van der Waals surface area contributed by atoms with E-state index in [2.05, 4.69) is 0 Å². The molecule has 0 fully saturated rings. The van der Waals surface area contributed by atoms with Crippen molar-refractivity contribution in [2.24, 2.45) is 0 Å². The lowest BCUT2D eigenvalue weighted by Gasteiger charge is -2.15. The maximum atomic E-state index is 13.1. The van der Waals surface area contributed by atoms with E-state index in [1.165, 1.54) is 18.2 Å². The van der Waals surface area contributed by atoms with E-state index in [1.807, 2.05) is 30.3 Å². The van der Waals surface area contributed by atoms with Gasteiger partial charge in [-0.2, -0.15) is 0 Å². The summed E-state index contributed by atoms with van der Waals surface area (Å²) in [5, 5.41) is -1.27. The SMILES string of the molecule is O=C(/C=C/c1ccccc1)C(c1ccccc1)S(=O)(=O)c1ccccc1. The first kappa shape index (κ1) is 17.8. The van der Waals surface area contributed by atoms with E-state index < -0.39 is 20.9 Å². The molecule has 3 rings (SSSR count). The van der Waals surface area contributed by atoms with Crippen LogP contribution < -0.4 is 0 Å². The van der Waals surface area contributed by atoms with E-state index in [4.69, 9.17) is 0 Å². The predicted molar refractivity (Wildman–Crippen MR) is 103 cm³/mol. The molecule has 0 saturated carbocycles. The standard InChI is InChI=1S/C22H18O3S/c23-21(17-16-18-10-4-1-5-11-18)22(19-12-6-2-7-13-19)26(24,25)20-14-8-3-9-15-20/h1-17,22H/b17-16+. The van der Waals surface area contributed by atoms with Gasteiger partial charge in [-0.25, -0.2) is 8.42 Å². The Hall–Kier alpha value is -2.98. The molecule has 0 radical (unpaired) electrons. The summed E-state index contributed by atoms with van der Waals surface area (Å²) in [7, 11) is -3.86. The second-order valence-electron chi connectivity index (χ2n) is 5.80. The smallest absolute Gasteiger partial charge is 0.192 e. The molecule has 1 atom stereocenters. The quantitative estimate of drug-likeness (QED) is 0.607. The van der Waals surface area contributed by atoms with Crippen molar-refractivity contribution < 1.29 is 13.2 Å².